The predicted octanol–water partition coefficient (Wildman–Crippen LogP) is 5.64. The number of aromatic nitrogens is 1. The van der Waals surface area contributed by atoms with Crippen LogP contribution in [0.3, 0.4) is 0 Å². The number of rotatable bonds is 6. The molecule has 1 amide bonds. The van der Waals surface area contributed by atoms with Crippen LogP contribution in [0.4, 0.5) is 5.69 Å². The number of nitrogens with one attached hydrogen (secondary N) is 1. The number of aryl methyl sites for hydroxylation is 2. The molecule has 5 rings (SSSR count). The van der Waals surface area contributed by atoms with Crippen LogP contribution in [0.15, 0.2) is 66.9 Å². The second kappa shape index (κ2) is 10.2. The Kier molecular flexibility index (Phi) is 6.96. The first-order valence-corrected chi connectivity index (χ1v) is 13.0. The van der Waals surface area contributed by atoms with Crippen LogP contribution in [-0.4, -0.2) is 35.3 Å². The standard InChI is InChI=1S/C31H36N2O3/c1-22-28(12-7-17-32-22)33-29(34)25-13-14-27-24(18-25)10-6-11-26-20-30(35,21-36-2)15-16-31(26,27)19-23-8-4-3-5-9-23/h3-5,7-9,12-14,17-18,26,35H,6,10-11,15-16,19-21H2,1-2H3,(H,33,34). The lowest BCUT2D eigenvalue weighted by Gasteiger charge is -2.50. The summed E-state index contributed by atoms with van der Waals surface area (Å²) in [4.78, 5) is 17.4. The van der Waals surface area contributed by atoms with E-state index < -0.39 is 5.60 Å². The van der Waals surface area contributed by atoms with E-state index in [0.29, 0.717) is 24.5 Å². The molecule has 0 bridgehead atoms. The van der Waals surface area contributed by atoms with E-state index in [9.17, 15) is 9.90 Å². The summed E-state index contributed by atoms with van der Waals surface area (Å²) < 4.78 is 5.42. The van der Waals surface area contributed by atoms with Crippen molar-refractivity contribution in [1.82, 2.24) is 4.98 Å². The predicted molar refractivity (Wildman–Crippen MR) is 142 cm³/mol. The maximum absolute atomic E-state index is 13.2. The quantitative estimate of drug-likeness (QED) is 0.475. The third kappa shape index (κ3) is 4.82. The van der Waals surface area contributed by atoms with Crippen molar-refractivity contribution in [1.29, 1.82) is 0 Å². The number of methoxy groups -OCH3 is 1. The zero-order valence-corrected chi connectivity index (χ0v) is 21.3. The monoisotopic (exact) mass is 484 g/mol. The molecule has 1 aromatic heterocycles. The highest BCUT2D eigenvalue weighted by atomic mass is 16.5. The minimum absolute atomic E-state index is 0.0674. The minimum Gasteiger partial charge on any atom is -0.387 e. The summed E-state index contributed by atoms with van der Waals surface area (Å²) in [7, 11) is 1.67. The van der Waals surface area contributed by atoms with Gasteiger partial charge in [0, 0.05) is 24.3 Å². The van der Waals surface area contributed by atoms with Crippen molar-refractivity contribution in [2.75, 3.05) is 19.0 Å². The van der Waals surface area contributed by atoms with Gasteiger partial charge in [-0.25, -0.2) is 0 Å². The second-order valence-electron chi connectivity index (χ2n) is 10.7. The smallest absolute Gasteiger partial charge is 0.255 e. The molecule has 2 aromatic carbocycles. The van der Waals surface area contributed by atoms with Crippen LogP contribution in [0, 0.1) is 12.8 Å². The molecule has 1 fully saturated rings. The Hall–Kier alpha value is -3.02. The lowest BCUT2D eigenvalue weighted by molar-refractivity contribution is -0.0898. The zero-order chi connectivity index (χ0) is 25.2. The van der Waals surface area contributed by atoms with Gasteiger partial charge >= 0.3 is 0 Å². The lowest BCUT2D eigenvalue weighted by atomic mass is 9.56. The van der Waals surface area contributed by atoms with Crippen LogP contribution in [0.25, 0.3) is 0 Å². The number of fused-ring (bicyclic) bond motifs is 3. The number of nitrogens with zero attached hydrogens (tertiary/aromatic N) is 1. The summed E-state index contributed by atoms with van der Waals surface area (Å²) in [6, 6.07) is 20.7. The molecule has 2 N–H and O–H groups in total. The number of ether oxygens (including phenoxy) is 1. The Labute approximate surface area is 213 Å². The van der Waals surface area contributed by atoms with Crippen molar-refractivity contribution in [3.63, 3.8) is 0 Å². The number of carbonyl (C=O) groups excluding carboxylic acids is 1. The molecule has 188 valence electrons. The van der Waals surface area contributed by atoms with E-state index >= 15 is 0 Å². The summed E-state index contributed by atoms with van der Waals surface area (Å²) in [5.74, 6) is 0.246. The average Bonchev–Trinajstić information content (AvgIpc) is 3.02. The first-order valence-electron chi connectivity index (χ1n) is 13.0. The van der Waals surface area contributed by atoms with Crippen molar-refractivity contribution in [3.8, 4) is 0 Å². The molecule has 0 radical (unpaired) electrons. The minimum atomic E-state index is -0.772. The molecule has 3 aromatic rings. The first-order chi connectivity index (χ1) is 17.4. The Bertz CT molecular complexity index is 1230. The van der Waals surface area contributed by atoms with E-state index in [0.717, 1.165) is 49.9 Å². The highest BCUT2D eigenvalue weighted by Crippen LogP contribution is 2.53. The van der Waals surface area contributed by atoms with Crippen molar-refractivity contribution in [2.45, 2.75) is 62.9 Å². The fourth-order valence-corrected chi connectivity index (χ4v) is 6.61. The molecule has 1 saturated carbocycles. The summed E-state index contributed by atoms with van der Waals surface area (Å²) >= 11 is 0. The maximum atomic E-state index is 13.2. The van der Waals surface area contributed by atoms with Gasteiger partial charge < -0.3 is 15.2 Å². The van der Waals surface area contributed by atoms with Gasteiger partial charge in [-0.3, -0.25) is 9.78 Å². The molecule has 0 saturated heterocycles. The number of amides is 1. The number of aliphatic hydroxyl groups is 1. The molecule has 3 atom stereocenters. The topological polar surface area (TPSA) is 71.5 Å². The van der Waals surface area contributed by atoms with Crippen molar-refractivity contribution in [3.05, 3.63) is 94.8 Å². The van der Waals surface area contributed by atoms with Gasteiger partial charge in [-0.1, -0.05) is 36.4 Å². The fraction of sp³-hybridized carbons (Fsp3) is 0.419. The van der Waals surface area contributed by atoms with Crippen molar-refractivity contribution >= 4 is 11.6 Å². The van der Waals surface area contributed by atoms with Gasteiger partial charge in [0.1, 0.15) is 0 Å². The molecular weight excluding hydrogens is 448 g/mol. The molecule has 0 spiro atoms. The normalized spacial score (nSPS) is 25.4. The lowest BCUT2D eigenvalue weighted by Crippen LogP contribution is -2.50. The van der Waals surface area contributed by atoms with Crippen LogP contribution >= 0.6 is 0 Å². The zero-order valence-electron chi connectivity index (χ0n) is 21.3. The van der Waals surface area contributed by atoms with Gasteiger partial charge in [0.25, 0.3) is 5.91 Å². The van der Waals surface area contributed by atoms with E-state index in [2.05, 4.69) is 52.8 Å². The van der Waals surface area contributed by atoms with Gasteiger partial charge in [-0.2, -0.15) is 0 Å². The highest BCUT2D eigenvalue weighted by Gasteiger charge is 2.50. The first kappa shape index (κ1) is 24.7. The van der Waals surface area contributed by atoms with E-state index in [-0.39, 0.29) is 11.3 Å². The molecule has 5 nitrogen and oxygen atoms in total. The highest BCUT2D eigenvalue weighted by molar-refractivity contribution is 6.04. The van der Waals surface area contributed by atoms with Crippen LogP contribution in [-0.2, 0) is 23.0 Å². The summed E-state index contributed by atoms with van der Waals surface area (Å²) in [6.45, 7) is 2.28. The van der Waals surface area contributed by atoms with Crippen LogP contribution < -0.4 is 5.32 Å². The van der Waals surface area contributed by atoms with Crippen LogP contribution in [0.1, 0.15) is 64.8 Å². The average molecular weight is 485 g/mol. The third-order valence-corrected chi connectivity index (χ3v) is 8.38. The summed E-state index contributed by atoms with van der Waals surface area (Å²) in [5, 5.41) is 14.4. The van der Waals surface area contributed by atoms with Gasteiger partial charge in [0.15, 0.2) is 0 Å². The van der Waals surface area contributed by atoms with E-state index in [4.69, 9.17) is 4.74 Å². The van der Waals surface area contributed by atoms with E-state index in [1.165, 1.54) is 16.7 Å². The van der Waals surface area contributed by atoms with Gasteiger partial charge in [0.2, 0.25) is 0 Å². The number of benzene rings is 2. The largest absolute Gasteiger partial charge is 0.387 e. The number of hydrogen-bond acceptors (Lipinski definition) is 4. The molecule has 5 heteroatoms. The van der Waals surface area contributed by atoms with E-state index in [1.807, 2.05) is 25.1 Å². The van der Waals surface area contributed by atoms with Gasteiger partial charge in [0.05, 0.1) is 23.6 Å². The van der Waals surface area contributed by atoms with Crippen molar-refractivity contribution in [2.24, 2.45) is 5.92 Å². The van der Waals surface area contributed by atoms with Crippen LogP contribution in [0.2, 0.25) is 0 Å². The van der Waals surface area contributed by atoms with Crippen molar-refractivity contribution < 1.29 is 14.6 Å². The Morgan fingerprint density at radius 1 is 1.14 bits per heavy atom. The molecular formula is C31H36N2O3. The molecule has 3 unspecified atom stereocenters. The fourth-order valence-electron chi connectivity index (χ4n) is 6.61. The molecule has 36 heavy (non-hydrogen) atoms. The maximum Gasteiger partial charge on any atom is 0.255 e. The van der Waals surface area contributed by atoms with Gasteiger partial charge in [-0.05, 0) is 98.7 Å². The van der Waals surface area contributed by atoms with Crippen LogP contribution in [0.5, 0.6) is 0 Å². The molecule has 1 heterocycles. The number of pyridine rings is 1. The second-order valence-corrected chi connectivity index (χ2v) is 10.7. The summed E-state index contributed by atoms with van der Waals surface area (Å²) in [6.07, 6.45) is 8.08. The number of hydrogen-bond donors (Lipinski definition) is 2. The Morgan fingerprint density at radius 3 is 2.75 bits per heavy atom. The van der Waals surface area contributed by atoms with E-state index in [1.54, 1.807) is 13.3 Å². The third-order valence-electron chi connectivity index (χ3n) is 8.38. The SMILES string of the molecule is COCC1(O)CCC2(Cc3ccccc3)c3ccc(C(=O)Nc4cccnc4C)cc3CCCC2C1. The Balaban J connectivity index is 1.52. The summed E-state index contributed by atoms with van der Waals surface area (Å²) in [5.41, 5.74) is 5.31. The molecule has 2 aliphatic rings. The number of anilines is 1. The van der Waals surface area contributed by atoms with Gasteiger partial charge in [-0.15, -0.1) is 0 Å². The molecule has 0 aliphatic heterocycles. The molecule has 2 aliphatic carbocycles. The number of carbonyl (C=O) groups is 1. The Morgan fingerprint density at radius 2 is 1.97 bits per heavy atom.